The van der Waals surface area contributed by atoms with Gasteiger partial charge in [0.2, 0.25) is 0 Å². The van der Waals surface area contributed by atoms with Crippen LogP contribution in [0.3, 0.4) is 0 Å². The molecule has 148 valence electrons. The minimum absolute atomic E-state index is 0. The van der Waals surface area contributed by atoms with E-state index in [-0.39, 0.29) is 36.1 Å². The molecular weight excluding hydrogens is 354 g/mol. The second-order valence-corrected chi connectivity index (χ2v) is 6.93. The van der Waals surface area contributed by atoms with E-state index in [1.54, 1.807) is 6.07 Å². The van der Waals surface area contributed by atoms with E-state index in [0.29, 0.717) is 25.6 Å². The molecule has 5 nitrogen and oxygen atoms in total. The van der Waals surface area contributed by atoms with Crippen LogP contribution >= 0.6 is 12.4 Å². The fraction of sp³-hybridized carbons (Fsp3) is 0.700. The molecule has 1 saturated heterocycles. The van der Waals surface area contributed by atoms with Crippen molar-refractivity contribution in [2.45, 2.75) is 56.8 Å². The minimum atomic E-state index is -2.72. The van der Waals surface area contributed by atoms with Crippen molar-refractivity contribution < 1.29 is 27.5 Å². The van der Waals surface area contributed by atoms with Crippen LogP contribution in [0.1, 0.15) is 45.9 Å². The van der Waals surface area contributed by atoms with Crippen LogP contribution in [0.15, 0.2) is 18.2 Å². The number of nitrogens with zero attached hydrogens (tertiary/aromatic N) is 1. The molecule has 0 spiro atoms. The van der Waals surface area contributed by atoms with Crippen LogP contribution in [0.5, 0.6) is 11.5 Å². The van der Waals surface area contributed by atoms with E-state index in [9.17, 15) is 5.11 Å². The average Bonchev–Trinajstić information content (AvgIpc) is 3.08. The van der Waals surface area contributed by atoms with Crippen molar-refractivity contribution in [1.82, 2.24) is 4.90 Å². The summed E-state index contributed by atoms with van der Waals surface area (Å²) in [6, 6.07) is 4.91. The first-order valence-corrected chi connectivity index (χ1v) is 9.05. The first kappa shape index (κ1) is 14.1. The lowest BCUT2D eigenvalue weighted by atomic mass is 9.91. The molecule has 3 atom stereocenters. The van der Waals surface area contributed by atoms with Crippen LogP contribution in [-0.2, 0) is 11.2 Å². The van der Waals surface area contributed by atoms with Crippen molar-refractivity contribution in [3.05, 3.63) is 23.8 Å². The summed E-state index contributed by atoms with van der Waals surface area (Å²) in [5, 5.41) is 9.86. The molecule has 1 saturated carbocycles. The number of benzene rings is 1. The number of β-amino-alcohol motifs (C(OH)–C–C–N with tert-alkyl or cyclic N) is 1. The summed E-state index contributed by atoms with van der Waals surface area (Å²) in [6.07, 6.45) is 5.51. The van der Waals surface area contributed by atoms with Crippen molar-refractivity contribution in [3.8, 4) is 11.5 Å². The van der Waals surface area contributed by atoms with Crippen molar-refractivity contribution in [2.75, 3.05) is 33.8 Å². The molecule has 0 aromatic heterocycles. The van der Waals surface area contributed by atoms with Gasteiger partial charge in [-0.3, -0.25) is 4.90 Å². The monoisotopic (exact) mass is 391 g/mol. The third-order valence-corrected chi connectivity index (χ3v) is 5.28. The molecule has 26 heavy (non-hydrogen) atoms. The Morgan fingerprint density at radius 3 is 2.73 bits per heavy atom. The number of methoxy groups -OCH3 is 2. The summed E-state index contributed by atoms with van der Waals surface area (Å²) in [4.78, 5) is 2.33. The Labute approximate surface area is 171 Å². The van der Waals surface area contributed by atoms with Crippen molar-refractivity contribution in [1.29, 1.82) is 0 Å². The fourth-order valence-corrected chi connectivity index (χ4v) is 3.96. The summed E-state index contributed by atoms with van der Waals surface area (Å²) >= 11 is 0. The molecule has 1 heterocycles. The van der Waals surface area contributed by atoms with E-state index >= 15 is 0 Å². The highest BCUT2D eigenvalue weighted by Crippen LogP contribution is 2.30. The second kappa shape index (κ2) is 10.4. The van der Waals surface area contributed by atoms with E-state index < -0.39 is 14.1 Å². The molecule has 1 aromatic rings. The Bertz CT molecular complexity index is 733. The van der Waals surface area contributed by atoms with E-state index in [1.807, 2.05) is 0 Å². The van der Waals surface area contributed by atoms with Crippen LogP contribution in [-0.4, -0.2) is 62.0 Å². The molecule has 2 aliphatic rings. The highest BCUT2D eigenvalue weighted by atomic mass is 35.5. The number of hydrogen-bond donors (Lipinski definition) is 1. The van der Waals surface area contributed by atoms with Gasteiger partial charge in [-0.1, -0.05) is 18.9 Å². The maximum absolute atomic E-state index is 9.86. The quantitative estimate of drug-likeness (QED) is 0.774. The SMILES string of the molecule is Cl.[2H]C([2H])([2H])Oc1ccc(CCO[C@@H]2CCCC[C@H]2N2CC[C@@H](O)C2)cc1OC([2H])([2H])[2H]. The van der Waals surface area contributed by atoms with Gasteiger partial charge in [-0.2, -0.15) is 0 Å². The van der Waals surface area contributed by atoms with Crippen LogP contribution in [0, 0.1) is 0 Å². The maximum Gasteiger partial charge on any atom is 0.160 e. The van der Waals surface area contributed by atoms with Crippen LogP contribution in [0.4, 0.5) is 0 Å². The topological polar surface area (TPSA) is 51.2 Å². The number of aliphatic hydroxyl groups is 1. The van der Waals surface area contributed by atoms with Gasteiger partial charge in [-0.15, -0.1) is 12.4 Å². The highest BCUT2D eigenvalue weighted by molar-refractivity contribution is 5.85. The lowest BCUT2D eigenvalue weighted by molar-refractivity contribution is -0.0316. The normalized spacial score (nSPS) is 30.7. The van der Waals surface area contributed by atoms with Crippen LogP contribution < -0.4 is 9.47 Å². The molecule has 2 fully saturated rings. The number of hydrogen-bond acceptors (Lipinski definition) is 5. The molecule has 3 rings (SSSR count). The molecule has 1 aromatic carbocycles. The molecule has 0 radical (unpaired) electrons. The minimum Gasteiger partial charge on any atom is -0.493 e. The Balaban J connectivity index is 0.00000363. The van der Waals surface area contributed by atoms with E-state index in [1.165, 1.54) is 12.1 Å². The van der Waals surface area contributed by atoms with Crippen molar-refractivity contribution >= 4 is 12.4 Å². The fourth-order valence-electron chi connectivity index (χ4n) is 3.96. The zero-order valence-electron chi connectivity index (χ0n) is 20.9. The molecule has 1 aliphatic carbocycles. The number of rotatable bonds is 7. The van der Waals surface area contributed by atoms with Crippen molar-refractivity contribution in [2.24, 2.45) is 0 Å². The number of ether oxygens (including phenoxy) is 3. The summed E-state index contributed by atoms with van der Waals surface area (Å²) in [6.45, 7) is 2.04. The Morgan fingerprint density at radius 2 is 1.96 bits per heavy atom. The van der Waals surface area contributed by atoms with Crippen LogP contribution in [0.2, 0.25) is 0 Å². The van der Waals surface area contributed by atoms with E-state index in [2.05, 4.69) is 4.90 Å². The van der Waals surface area contributed by atoms with E-state index in [4.69, 9.17) is 22.4 Å². The summed E-state index contributed by atoms with van der Waals surface area (Å²) in [5.74, 6) is -0.268. The van der Waals surface area contributed by atoms with Gasteiger partial charge >= 0.3 is 0 Å². The average molecular weight is 392 g/mol. The molecule has 1 N–H and O–H groups in total. The smallest absolute Gasteiger partial charge is 0.160 e. The van der Waals surface area contributed by atoms with Gasteiger partial charge < -0.3 is 19.3 Å². The largest absolute Gasteiger partial charge is 0.493 e. The predicted molar refractivity (Wildman–Crippen MR) is 105 cm³/mol. The second-order valence-electron chi connectivity index (χ2n) is 6.93. The first-order chi connectivity index (χ1) is 14.5. The molecule has 0 bridgehead atoms. The number of halogens is 1. The molecule has 1 aliphatic heterocycles. The molecule has 0 amide bonds. The standard InChI is InChI=1S/C20H31NO4.ClH/c1-23-19-8-7-15(13-20(19)24-2)10-12-25-18-6-4-3-5-17(18)21-11-9-16(22)14-21;/h7-8,13,16-18,22H,3-6,9-12,14H2,1-2H3;1H/t16-,17-,18-;/m1./s1/i1D3,2D3;. The van der Waals surface area contributed by atoms with E-state index in [0.717, 1.165) is 44.2 Å². The van der Waals surface area contributed by atoms with Gasteiger partial charge in [0.25, 0.3) is 0 Å². The highest BCUT2D eigenvalue weighted by Gasteiger charge is 2.34. The maximum atomic E-state index is 9.86. The predicted octanol–water partition coefficient (Wildman–Crippen LogP) is 3.06. The lowest BCUT2D eigenvalue weighted by Crippen LogP contribution is -2.46. The molecular formula is C20H32ClNO4. The summed E-state index contributed by atoms with van der Waals surface area (Å²) in [5.41, 5.74) is 0.765. The Kier molecular flexibility index (Phi) is 5.60. The van der Waals surface area contributed by atoms with Crippen LogP contribution in [0.25, 0.3) is 0 Å². The van der Waals surface area contributed by atoms with Gasteiger partial charge in [-0.05, 0) is 43.4 Å². The van der Waals surface area contributed by atoms with Gasteiger partial charge in [-0.25, -0.2) is 0 Å². The first-order valence-electron chi connectivity index (χ1n) is 12.0. The van der Waals surface area contributed by atoms with Gasteiger partial charge in [0.1, 0.15) is 0 Å². The molecule has 6 heteroatoms. The Morgan fingerprint density at radius 1 is 1.15 bits per heavy atom. The molecule has 0 unspecified atom stereocenters. The number of likely N-dealkylation sites (tertiary alicyclic amines) is 1. The van der Waals surface area contributed by atoms with Gasteiger partial charge in [0.15, 0.2) is 11.5 Å². The third-order valence-electron chi connectivity index (χ3n) is 5.28. The summed E-state index contributed by atoms with van der Waals surface area (Å²) < 4.78 is 59.8. The third kappa shape index (κ3) is 5.26. The Hall–Kier alpha value is -1.01. The summed E-state index contributed by atoms with van der Waals surface area (Å²) in [7, 11) is -5.44. The zero-order chi connectivity index (χ0) is 22.6. The van der Waals surface area contributed by atoms with Gasteiger partial charge in [0.05, 0.1) is 41.1 Å². The number of aliphatic hydroxyl groups excluding tert-OH is 1. The van der Waals surface area contributed by atoms with Gasteiger partial charge in [0, 0.05) is 19.1 Å². The zero-order valence-corrected chi connectivity index (χ0v) is 15.7. The van der Waals surface area contributed by atoms with Crippen molar-refractivity contribution in [3.63, 3.8) is 0 Å². The lowest BCUT2D eigenvalue weighted by Gasteiger charge is -2.37.